The highest BCUT2D eigenvalue weighted by Gasteiger charge is 2.20. The monoisotopic (exact) mass is 467 g/mol. The molecule has 0 spiro atoms. The molecule has 3 aromatic rings. The molecule has 12 heteroatoms. The van der Waals surface area contributed by atoms with Crippen molar-refractivity contribution in [2.75, 3.05) is 4.72 Å². The number of carbonyl (C=O) groups excluding carboxylic acids is 2. The molecule has 31 heavy (non-hydrogen) atoms. The van der Waals surface area contributed by atoms with Gasteiger partial charge < -0.3 is 4.74 Å². The second-order valence-electron chi connectivity index (χ2n) is 5.87. The van der Waals surface area contributed by atoms with Gasteiger partial charge in [0, 0.05) is 0 Å². The summed E-state index contributed by atoms with van der Waals surface area (Å²) in [6.45, 7) is -3.13. The average molecular weight is 467 g/mol. The minimum Gasteiger partial charge on any atom is -0.434 e. The number of thiophene rings is 1. The van der Waals surface area contributed by atoms with Crippen molar-refractivity contribution in [1.82, 2.24) is 10.9 Å². The summed E-state index contributed by atoms with van der Waals surface area (Å²) in [6, 6.07) is 14.0. The van der Waals surface area contributed by atoms with Crippen molar-refractivity contribution < 1.29 is 31.5 Å². The number of sulfonamides is 1. The number of hydrazine groups is 1. The maximum Gasteiger partial charge on any atom is 0.387 e. The number of alkyl halides is 2. The normalized spacial score (nSPS) is 11.1. The van der Waals surface area contributed by atoms with E-state index in [2.05, 4.69) is 20.3 Å². The van der Waals surface area contributed by atoms with Gasteiger partial charge in [0.1, 0.15) is 9.96 Å². The molecule has 0 saturated carbocycles. The van der Waals surface area contributed by atoms with Crippen LogP contribution >= 0.6 is 11.3 Å². The van der Waals surface area contributed by atoms with Gasteiger partial charge in [-0.2, -0.15) is 8.78 Å². The first-order valence-electron chi connectivity index (χ1n) is 8.58. The zero-order valence-electron chi connectivity index (χ0n) is 15.5. The number of amides is 2. The fourth-order valence-electron chi connectivity index (χ4n) is 2.48. The standard InChI is InChI=1S/C19H15F2N3O5S2/c20-19(21)29-15-9-4-2-7-13(15)18(26)23-22-17(25)12-6-1-3-8-14(12)24-31(27,28)16-10-5-11-30-16/h1-11,19,24H,(H,22,25)(H,23,26). The summed E-state index contributed by atoms with van der Waals surface area (Å²) in [4.78, 5) is 24.8. The van der Waals surface area contributed by atoms with E-state index in [-0.39, 0.29) is 26.8 Å². The molecular formula is C19H15F2N3O5S2. The molecule has 0 radical (unpaired) electrons. The largest absolute Gasteiger partial charge is 0.434 e. The Morgan fingerprint density at radius 1 is 0.871 bits per heavy atom. The van der Waals surface area contributed by atoms with E-state index in [0.29, 0.717) is 0 Å². The highest BCUT2D eigenvalue weighted by atomic mass is 32.2. The lowest BCUT2D eigenvalue weighted by molar-refractivity contribution is -0.0501. The van der Waals surface area contributed by atoms with Crippen LogP contribution in [-0.2, 0) is 10.0 Å². The van der Waals surface area contributed by atoms with E-state index < -0.39 is 28.4 Å². The number of hydrogen-bond acceptors (Lipinski definition) is 6. The van der Waals surface area contributed by atoms with Crippen LogP contribution in [-0.4, -0.2) is 26.8 Å². The van der Waals surface area contributed by atoms with Gasteiger partial charge in [-0.15, -0.1) is 11.3 Å². The molecule has 0 atom stereocenters. The Balaban J connectivity index is 1.73. The number of para-hydroxylation sites is 2. The van der Waals surface area contributed by atoms with E-state index >= 15 is 0 Å². The van der Waals surface area contributed by atoms with Gasteiger partial charge in [-0.25, -0.2) is 8.42 Å². The van der Waals surface area contributed by atoms with Crippen molar-refractivity contribution in [3.8, 4) is 5.75 Å². The van der Waals surface area contributed by atoms with E-state index in [4.69, 9.17) is 0 Å². The van der Waals surface area contributed by atoms with E-state index in [9.17, 15) is 26.8 Å². The second-order valence-corrected chi connectivity index (χ2v) is 8.72. The highest BCUT2D eigenvalue weighted by Crippen LogP contribution is 2.23. The Morgan fingerprint density at radius 2 is 1.48 bits per heavy atom. The zero-order valence-corrected chi connectivity index (χ0v) is 17.2. The molecule has 1 heterocycles. The van der Waals surface area contributed by atoms with Crippen LogP contribution < -0.4 is 20.3 Å². The van der Waals surface area contributed by atoms with E-state index in [0.717, 1.165) is 11.3 Å². The van der Waals surface area contributed by atoms with Crippen LogP contribution in [0, 0.1) is 0 Å². The number of rotatable bonds is 7. The fraction of sp³-hybridized carbons (Fsp3) is 0.0526. The molecular weight excluding hydrogens is 452 g/mol. The maximum absolute atomic E-state index is 12.5. The minimum absolute atomic E-state index is 0.0101. The zero-order chi connectivity index (χ0) is 22.4. The maximum atomic E-state index is 12.5. The number of anilines is 1. The summed E-state index contributed by atoms with van der Waals surface area (Å²) in [5, 5.41) is 1.60. The predicted octanol–water partition coefficient (Wildman–Crippen LogP) is 3.23. The van der Waals surface area contributed by atoms with Crippen LogP contribution in [0.2, 0.25) is 0 Å². The Hall–Kier alpha value is -3.51. The van der Waals surface area contributed by atoms with Crippen LogP contribution in [0.15, 0.2) is 70.3 Å². The Labute approximate surface area is 179 Å². The first-order chi connectivity index (χ1) is 14.8. The lowest BCUT2D eigenvalue weighted by Crippen LogP contribution is -2.42. The van der Waals surface area contributed by atoms with E-state index in [1.165, 1.54) is 54.6 Å². The highest BCUT2D eigenvalue weighted by molar-refractivity contribution is 7.94. The summed E-state index contributed by atoms with van der Waals surface area (Å²) in [5.74, 6) is -2.10. The molecule has 3 N–H and O–H groups in total. The molecule has 3 rings (SSSR count). The quantitative estimate of drug-likeness (QED) is 0.462. The third kappa shape index (κ3) is 5.55. The number of carbonyl (C=O) groups is 2. The topological polar surface area (TPSA) is 114 Å². The molecule has 0 aliphatic carbocycles. The van der Waals surface area contributed by atoms with E-state index in [1.54, 1.807) is 11.4 Å². The number of benzene rings is 2. The summed E-state index contributed by atoms with van der Waals surface area (Å²) in [7, 11) is -3.90. The van der Waals surface area contributed by atoms with Crippen molar-refractivity contribution in [3.05, 3.63) is 77.2 Å². The SMILES string of the molecule is O=C(NNC(=O)c1ccccc1OC(F)F)c1ccccc1NS(=O)(=O)c1cccs1. The van der Waals surface area contributed by atoms with Gasteiger partial charge in [0.2, 0.25) is 0 Å². The first kappa shape index (κ1) is 22.2. The molecule has 0 aliphatic heterocycles. The smallest absolute Gasteiger partial charge is 0.387 e. The Bertz CT molecular complexity index is 1180. The summed E-state index contributed by atoms with van der Waals surface area (Å²) in [6.07, 6.45) is 0. The van der Waals surface area contributed by atoms with Gasteiger partial charge >= 0.3 is 6.61 Å². The third-order valence-corrected chi connectivity index (χ3v) is 6.58. The molecule has 2 amide bonds. The lowest BCUT2D eigenvalue weighted by atomic mass is 10.2. The van der Waals surface area contributed by atoms with Gasteiger partial charge in [-0.05, 0) is 35.7 Å². The molecule has 0 aliphatic rings. The lowest BCUT2D eigenvalue weighted by Gasteiger charge is -2.14. The molecule has 8 nitrogen and oxygen atoms in total. The van der Waals surface area contributed by atoms with Gasteiger partial charge in [0.25, 0.3) is 21.8 Å². The molecule has 0 unspecified atom stereocenters. The van der Waals surface area contributed by atoms with Crippen LogP contribution in [0.5, 0.6) is 5.75 Å². The van der Waals surface area contributed by atoms with Crippen molar-refractivity contribution in [3.63, 3.8) is 0 Å². The molecule has 0 saturated heterocycles. The van der Waals surface area contributed by atoms with Crippen LogP contribution in [0.1, 0.15) is 20.7 Å². The molecule has 0 bridgehead atoms. The summed E-state index contributed by atoms with van der Waals surface area (Å²) >= 11 is 1.01. The number of nitrogens with one attached hydrogen (secondary N) is 3. The Kier molecular flexibility index (Phi) is 6.82. The van der Waals surface area contributed by atoms with Crippen LogP contribution in [0.4, 0.5) is 14.5 Å². The first-order valence-corrected chi connectivity index (χ1v) is 10.9. The summed E-state index contributed by atoms with van der Waals surface area (Å²) in [5.41, 5.74) is 3.91. The number of ether oxygens (including phenoxy) is 1. The summed E-state index contributed by atoms with van der Waals surface area (Å²) < 4.78 is 56.6. The second kappa shape index (κ2) is 9.53. The van der Waals surface area contributed by atoms with Gasteiger partial charge in [-0.3, -0.25) is 25.2 Å². The molecule has 162 valence electrons. The number of halogens is 2. The molecule has 1 aromatic heterocycles. The fourth-order valence-corrected chi connectivity index (χ4v) is 4.56. The van der Waals surface area contributed by atoms with Crippen molar-refractivity contribution in [1.29, 1.82) is 0 Å². The number of hydrogen-bond donors (Lipinski definition) is 3. The van der Waals surface area contributed by atoms with Crippen LogP contribution in [0.3, 0.4) is 0 Å². The average Bonchev–Trinajstić information content (AvgIpc) is 3.28. The third-order valence-electron chi connectivity index (χ3n) is 3.81. The van der Waals surface area contributed by atoms with Crippen molar-refractivity contribution in [2.45, 2.75) is 10.8 Å². The van der Waals surface area contributed by atoms with Gasteiger partial charge in [-0.1, -0.05) is 30.3 Å². The van der Waals surface area contributed by atoms with E-state index in [1.807, 2.05) is 0 Å². The van der Waals surface area contributed by atoms with Crippen molar-refractivity contribution >= 4 is 38.9 Å². The Morgan fingerprint density at radius 3 is 2.13 bits per heavy atom. The van der Waals surface area contributed by atoms with Crippen LogP contribution in [0.25, 0.3) is 0 Å². The van der Waals surface area contributed by atoms with Gasteiger partial charge in [0.05, 0.1) is 16.8 Å². The minimum atomic E-state index is -3.90. The molecule has 2 aromatic carbocycles. The predicted molar refractivity (Wildman–Crippen MR) is 110 cm³/mol. The van der Waals surface area contributed by atoms with Crippen molar-refractivity contribution in [2.24, 2.45) is 0 Å². The van der Waals surface area contributed by atoms with Gasteiger partial charge in [0.15, 0.2) is 0 Å². The molecule has 0 fully saturated rings.